The average molecular weight is 194 g/mol. The molecular formula is C12H22N2. The molecule has 1 saturated carbocycles. The Kier molecular flexibility index (Phi) is 2.29. The third-order valence-electron chi connectivity index (χ3n) is 4.55. The standard InChI is InChI=1S/C12H22N2/c1-9-6-11(7-9)14-5-3-12-10(8-14)2-4-13-12/h9-13H,2-8H2,1H3. The van der Waals surface area contributed by atoms with Crippen molar-refractivity contribution in [1.82, 2.24) is 10.2 Å². The van der Waals surface area contributed by atoms with Gasteiger partial charge in [-0.15, -0.1) is 0 Å². The minimum atomic E-state index is 0.865. The molecule has 0 bridgehead atoms. The maximum absolute atomic E-state index is 3.64. The Hall–Kier alpha value is -0.0800. The van der Waals surface area contributed by atoms with Crippen LogP contribution in [0, 0.1) is 11.8 Å². The van der Waals surface area contributed by atoms with E-state index in [2.05, 4.69) is 17.1 Å². The molecule has 2 saturated heterocycles. The predicted molar refractivity (Wildman–Crippen MR) is 58.3 cm³/mol. The second-order valence-electron chi connectivity index (χ2n) is 5.62. The first-order valence-corrected chi connectivity index (χ1v) is 6.30. The highest BCUT2D eigenvalue weighted by atomic mass is 15.2. The van der Waals surface area contributed by atoms with Crippen molar-refractivity contribution in [1.29, 1.82) is 0 Å². The van der Waals surface area contributed by atoms with Crippen molar-refractivity contribution in [2.45, 2.75) is 44.7 Å². The summed E-state index contributed by atoms with van der Waals surface area (Å²) in [5.74, 6) is 1.97. The van der Waals surface area contributed by atoms with Gasteiger partial charge in [-0.25, -0.2) is 0 Å². The Balaban J connectivity index is 1.57. The van der Waals surface area contributed by atoms with Gasteiger partial charge >= 0.3 is 0 Å². The molecule has 2 nitrogen and oxygen atoms in total. The Morgan fingerprint density at radius 2 is 2.07 bits per heavy atom. The number of piperidine rings is 1. The molecule has 1 aliphatic carbocycles. The maximum Gasteiger partial charge on any atom is 0.0120 e. The highest BCUT2D eigenvalue weighted by molar-refractivity contribution is 4.94. The summed E-state index contributed by atoms with van der Waals surface area (Å²) in [7, 11) is 0. The molecule has 2 heterocycles. The van der Waals surface area contributed by atoms with Gasteiger partial charge in [0.15, 0.2) is 0 Å². The van der Waals surface area contributed by atoms with E-state index < -0.39 is 0 Å². The van der Waals surface area contributed by atoms with Crippen LogP contribution >= 0.6 is 0 Å². The van der Waals surface area contributed by atoms with Crippen LogP contribution in [-0.2, 0) is 0 Å². The predicted octanol–water partition coefficient (Wildman–Crippen LogP) is 1.47. The molecule has 80 valence electrons. The Bertz CT molecular complexity index is 210. The highest BCUT2D eigenvalue weighted by Gasteiger charge is 2.38. The van der Waals surface area contributed by atoms with Crippen LogP contribution in [0.3, 0.4) is 0 Å². The first-order chi connectivity index (χ1) is 6.83. The monoisotopic (exact) mass is 194 g/mol. The first-order valence-electron chi connectivity index (χ1n) is 6.30. The van der Waals surface area contributed by atoms with Crippen LogP contribution in [0.25, 0.3) is 0 Å². The molecule has 2 atom stereocenters. The summed E-state index contributed by atoms with van der Waals surface area (Å²) in [6, 6.07) is 1.82. The number of fused-ring (bicyclic) bond motifs is 1. The molecule has 0 radical (unpaired) electrons. The van der Waals surface area contributed by atoms with Gasteiger partial charge in [0.25, 0.3) is 0 Å². The second-order valence-corrected chi connectivity index (χ2v) is 5.62. The molecule has 0 spiro atoms. The normalized spacial score (nSPS) is 48.6. The van der Waals surface area contributed by atoms with Crippen molar-refractivity contribution in [2.75, 3.05) is 19.6 Å². The molecule has 0 aromatic carbocycles. The van der Waals surface area contributed by atoms with Crippen LogP contribution in [0.1, 0.15) is 32.6 Å². The summed E-state index contributed by atoms with van der Waals surface area (Å²) >= 11 is 0. The molecule has 2 unspecified atom stereocenters. The van der Waals surface area contributed by atoms with Crippen LogP contribution < -0.4 is 5.32 Å². The molecule has 3 rings (SSSR count). The van der Waals surface area contributed by atoms with E-state index in [1.54, 1.807) is 0 Å². The molecular weight excluding hydrogens is 172 g/mol. The van der Waals surface area contributed by atoms with E-state index in [0.717, 1.165) is 23.9 Å². The number of hydrogen-bond donors (Lipinski definition) is 1. The van der Waals surface area contributed by atoms with Gasteiger partial charge in [-0.3, -0.25) is 4.90 Å². The smallest absolute Gasteiger partial charge is 0.0120 e. The lowest BCUT2D eigenvalue weighted by Crippen LogP contribution is -2.52. The van der Waals surface area contributed by atoms with Gasteiger partial charge in [0.05, 0.1) is 0 Å². The summed E-state index contributed by atoms with van der Waals surface area (Å²) in [5, 5.41) is 3.64. The summed E-state index contributed by atoms with van der Waals surface area (Å²) in [6.07, 6.45) is 5.74. The molecule has 3 fully saturated rings. The molecule has 14 heavy (non-hydrogen) atoms. The molecule has 0 aromatic rings. The Morgan fingerprint density at radius 3 is 2.86 bits per heavy atom. The fraction of sp³-hybridized carbons (Fsp3) is 1.00. The van der Waals surface area contributed by atoms with Crippen molar-refractivity contribution < 1.29 is 0 Å². The average Bonchev–Trinajstić information content (AvgIpc) is 2.59. The van der Waals surface area contributed by atoms with Crippen LogP contribution in [0.4, 0.5) is 0 Å². The Labute approximate surface area is 87.0 Å². The lowest BCUT2D eigenvalue weighted by Gasteiger charge is -2.46. The van der Waals surface area contributed by atoms with Gasteiger partial charge in [-0.2, -0.15) is 0 Å². The van der Waals surface area contributed by atoms with E-state index in [4.69, 9.17) is 0 Å². The van der Waals surface area contributed by atoms with Crippen molar-refractivity contribution in [2.24, 2.45) is 11.8 Å². The summed E-state index contributed by atoms with van der Waals surface area (Å²) < 4.78 is 0. The van der Waals surface area contributed by atoms with Crippen molar-refractivity contribution in [3.63, 3.8) is 0 Å². The number of likely N-dealkylation sites (tertiary alicyclic amines) is 1. The van der Waals surface area contributed by atoms with Gasteiger partial charge in [0.2, 0.25) is 0 Å². The zero-order chi connectivity index (χ0) is 9.54. The van der Waals surface area contributed by atoms with E-state index in [9.17, 15) is 0 Å². The van der Waals surface area contributed by atoms with Crippen molar-refractivity contribution in [3.8, 4) is 0 Å². The Morgan fingerprint density at radius 1 is 1.21 bits per heavy atom. The third-order valence-corrected chi connectivity index (χ3v) is 4.55. The molecule has 0 amide bonds. The highest BCUT2D eigenvalue weighted by Crippen LogP contribution is 2.35. The third kappa shape index (κ3) is 1.49. The largest absolute Gasteiger partial charge is 0.314 e. The van der Waals surface area contributed by atoms with Gasteiger partial charge < -0.3 is 5.32 Å². The number of nitrogens with one attached hydrogen (secondary N) is 1. The van der Waals surface area contributed by atoms with E-state index in [0.29, 0.717) is 0 Å². The lowest BCUT2D eigenvalue weighted by atomic mass is 9.79. The van der Waals surface area contributed by atoms with Crippen LogP contribution in [0.5, 0.6) is 0 Å². The number of rotatable bonds is 1. The quantitative estimate of drug-likeness (QED) is 0.680. The van der Waals surface area contributed by atoms with Crippen molar-refractivity contribution >= 4 is 0 Å². The minimum absolute atomic E-state index is 0.865. The SMILES string of the molecule is CC1CC(N2CCC3NCCC3C2)C1. The molecule has 0 aromatic heterocycles. The summed E-state index contributed by atoms with van der Waals surface area (Å²) in [5.41, 5.74) is 0. The van der Waals surface area contributed by atoms with Gasteiger partial charge in [-0.1, -0.05) is 6.92 Å². The summed E-state index contributed by atoms with van der Waals surface area (Å²) in [4.78, 5) is 2.77. The van der Waals surface area contributed by atoms with Gasteiger partial charge in [0, 0.05) is 18.6 Å². The zero-order valence-corrected chi connectivity index (χ0v) is 9.21. The van der Waals surface area contributed by atoms with E-state index >= 15 is 0 Å². The molecule has 3 aliphatic rings. The summed E-state index contributed by atoms with van der Waals surface area (Å²) in [6.45, 7) is 6.39. The van der Waals surface area contributed by atoms with E-state index in [-0.39, 0.29) is 0 Å². The fourth-order valence-corrected chi connectivity index (χ4v) is 3.57. The minimum Gasteiger partial charge on any atom is -0.314 e. The van der Waals surface area contributed by atoms with Crippen LogP contribution in [0.15, 0.2) is 0 Å². The van der Waals surface area contributed by atoms with E-state index in [1.165, 1.54) is 45.3 Å². The van der Waals surface area contributed by atoms with E-state index in [1.807, 2.05) is 0 Å². The maximum atomic E-state index is 3.64. The zero-order valence-electron chi connectivity index (χ0n) is 9.21. The van der Waals surface area contributed by atoms with Crippen LogP contribution in [-0.4, -0.2) is 36.6 Å². The topological polar surface area (TPSA) is 15.3 Å². The lowest BCUT2D eigenvalue weighted by molar-refractivity contribution is 0.0441. The first kappa shape index (κ1) is 9.17. The number of hydrogen-bond acceptors (Lipinski definition) is 2. The van der Waals surface area contributed by atoms with Crippen LogP contribution in [0.2, 0.25) is 0 Å². The molecule has 1 N–H and O–H groups in total. The molecule has 2 heteroatoms. The van der Waals surface area contributed by atoms with Gasteiger partial charge in [-0.05, 0) is 50.6 Å². The van der Waals surface area contributed by atoms with Gasteiger partial charge in [0.1, 0.15) is 0 Å². The fourth-order valence-electron chi connectivity index (χ4n) is 3.57. The second kappa shape index (κ2) is 3.49. The van der Waals surface area contributed by atoms with Crippen molar-refractivity contribution in [3.05, 3.63) is 0 Å². The molecule has 2 aliphatic heterocycles. The number of nitrogens with zero attached hydrogens (tertiary/aromatic N) is 1.